The number of aliphatic hydroxyl groups is 1. The van der Waals surface area contributed by atoms with Crippen LogP contribution in [0, 0.1) is 0 Å². The Kier molecular flexibility index (Phi) is 3.66. The van der Waals surface area contributed by atoms with Crippen molar-refractivity contribution in [2.45, 2.75) is 13.0 Å². The number of hydrogen-bond donors (Lipinski definition) is 1. The molecule has 2 aromatic rings. The van der Waals surface area contributed by atoms with Crippen molar-refractivity contribution < 1.29 is 9.84 Å². The third-order valence-corrected chi connectivity index (χ3v) is 2.41. The summed E-state index contributed by atoms with van der Waals surface area (Å²) >= 11 is 0. The molecule has 0 aliphatic heterocycles. The number of nitrogens with zero attached hydrogens (tertiary/aromatic N) is 4. The first-order valence-corrected chi connectivity index (χ1v) is 5.37. The second kappa shape index (κ2) is 5.40. The zero-order valence-corrected chi connectivity index (χ0v) is 9.58. The summed E-state index contributed by atoms with van der Waals surface area (Å²) in [6, 6.07) is 7.56. The van der Waals surface area contributed by atoms with Crippen molar-refractivity contribution >= 4 is 0 Å². The van der Waals surface area contributed by atoms with E-state index in [-0.39, 0.29) is 6.61 Å². The molecule has 1 aromatic carbocycles. The van der Waals surface area contributed by atoms with E-state index in [0.29, 0.717) is 18.8 Å². The molecule has 17 heavy (non-hydrogen) atoms. The second-order valence-corrected chi connectivity index (χ2v) is 3.50. The van der Waals surface area contributed by atoms with Crippen LogP contribution in [0.2, 0.25) is 0 Å². The van der Waals surface area contributed by atoms with E-state index in [4.69, 9.17) is 9.84 Å². The maximum Gasteiger partial charge on any atom is 0.185 e. The molecular formula is C11H14N4O2. The lowest BCUT2D eigenvalue weighted by atomic mass is 10.2. The maximum atomic E-state index is 8.82. The van der Waals surface area contributed by atoms with Gasteiger partial charge in [-0.3, -0.25) is 0 Å². The fraction of sp³-hybridized carbons (Fsp3) is 0.364. The minimum absolute atomic E-state index is 0.116. The van der Waals surface area contributed by atoms with Crippen molar-refractivity contribution in [1.29, 1.82) is 0 Å². The summed E-state index contributed by atoms with van der Waals surface area (Å²) < 4.78 is 6.93. The minimum Gasteiger partial charge on any atom is -0.496 e. The molecule has 1 aromatic heterocycles. The Morgan fingerprint density at radius 3 is 2.94 bits per heavy atom. The van der Waals surface area contributed by atoms with Gasteiger partial charge in [-0.1, -0.05) is 12.1 Å². The summed E-state index contributed by atoms with van der Waals surface area (Å²) in [7, 11) is 1.61. The Hall–Kier alpha value is -1.95. The molecule has 0 aliphatic rings. The lowest BCUT2D eigenvalue weighted by molar-refractivity contribution is 0.276. The fourth-order valence-electron chi connectivity index (χ4n) is 1.60. The lowest BCUT2D eigenvalue weighted by Gasteiger charge is -2.07. The van der Waals surface area contributed by atoms with Crippen molar-refractivity contribution in [3.8, 4) is 17.1 Å². The van der Waals surface area contributed by atoms with Gasteiger partial charge in [0.15, 0.2) is 5.82 Å². The van der Waals surface area contributed by atoms with Crippen LogP contribution in [0.15, 0.2) is 24.3 Å². The molecule has 0 bridgehead atoms. The molecule has 0 saturated heterocycles. The predicted octanol–water partition coefficient (Wildman–Crippen LogP) is 0.731. The summed E-state index contributed by atoms with van der Waals surface area (Å²) in [5.74, 6) is 1.38. The SMILES string of the molecule is COc1ccccc1-c1nnnn1CCCO. The highest BCUT2D eigenvalue weighted by Gasteiger charge is 2.12. The number of aliphatic hydroxyl groups excluding tert-OH is 1. The van der Waals surface area contributed by atoms with Gasteiger partial charge in [0.1, 0.15) is 5.75 Å². The first-order chi connectivity index (χ1) is 8.36. The Balaban J connectivity index is 2.35. The molecule has 0 radical (unpaired) electrons. The third-order valence-electron chi connectivity index (χ3n) is 2.41. The van der Waals surface area contributed by atoms with Gasteiger partial charge in [0.2, 0.25) is 0 Å². The normalized spacial score (nSPS) is 10.5. The average Bonchev–Trinajstić information content (AvgIpc) is 2.84. The van der Waals surface area contributed by atoms with Gasteiger partial charge in [-0.25, -0.2) is 4.68 Å². The van der Waals surface area contributed by atoms with E-state index in [9.17, 15) is 0 Å². The van der Waals surface area contributed by atoms with Gasteiger partial charge in [0, 0.05) is 13.2 Å². The van der Waals surface area contributed by atoms with Gasteiger partial charge in [-0.2, -0.15) is 0 Å². The van der Waals surface area contributed by atoms with Gasteiger partial charge in [-0.15, -0.1) is 5.10 Å². The molecule has 0 unspecified atom stereocenters. The number of benzene rings is 1. The van der Waals surface area contributed by atoms with Crippen LogP contribution in [0.4, 0.5) is 0 Å². The summed E-state index contributed by atoms with van der Waals surface area (Å²) in [5.41, 5.74) is 0.845. The molecule has 1 N–H and O–H groups in total. The van der Waals surface area contributed by atoms with Gasteiger partial charge >= 0.3 is 0 Å². The highest BCUT2D eigenvalue weighted by Crippen LogP contribution is 2.27. The van der Waals surface area contributed by atoms with Crippen molar-refractivity contribution in [1.82, 2.24) is 20.2 Å². The molecule has 0 spiro atoms. The van der Waals surface area contributed by atoms with Crippen molar-refractivity contribution in [2.75, 3.05) is 13.7 Å². The Morgan fingerprint density at radius 2 is 2.18 bits per heavy atom. The van der Waals surface area contributed by atoms with Crippen molar-refractivity contribution in [2.24, 2.45) is 0 Å². The number of para-hydroxylation sites is 1. The number of aromatic nitrogens is 4. The molecule has 6 heteroatoms. The number of aryl methyl sites for hydroxylation is 1. The van der Waals surface area contributed by atoms with Crippen molar-refractivity contribution in [3.05, 3.63) is 24.3 Å². The van der Waals surface area contributed by atoms with Gasteiger partial charge in [0.25, 0.3) is 0 Å². The highest BCUT2D eigenvalue weighted by molar-refractivity contribution is 5.63. The molecule has 0 amide bonds. The maximum absolute atomic E-state index is 8.82. The van der Waals surface area contributed by atoms with Crippen LogP contribution in [-0.4, -0.2) is 39.0 Å². The highest BCUT2D eigenvalue weighted by atomic mass is 16.5. The van der Waals surface area contributed by atoms with E-state index in [1.165, 1.54) is 0 Å². The van der Waals surface area contributed by atoms with E-state index in [1.807, 2.05) is 24.3 Å². The predicted molar refractivity (Wildman–Crippen MR) is 61.5 cm³/mol. The topological polar surface area (TPSA) is 73.1 Å². The van der Waals surface area contributed by atoms with Gasteiger partial charge in [-0.05, 0) is 29.0 Å². The first kappa shape index (κ1) is 11.5. The quantitative estimate of drug-likeness (QED) is 0.825. The van der Waals surface area contributed by atoms with Crippen LogP contribution in [0.3, 0.4) is 0 Å². The average molecular weight is 234 g/mol. The number of tetrazole rings is 1. The summed E-state index contributed by atoms with van der Waals surface area (Å²) in [5, 5.41) is 20.4. The largest absolute Gasteiger partial charge is 0.496 e. The Morgan fingerprint density at radius 1 is 1.35 bits per heavy atom. The lowest BCUT2D eigenvalue weighted by Crippen LogP contribution is -2.05. The van der Waals surface area contributed by atoms with Gasteiger partial charge in [0.05, 0.1) is 12.7 Å². The standard InChI is InChI=1S/C11H14N4O2/c1-17-10-6-3-2-5-9(10)11-12-13-14-15(11)7-4-8-16/h2-3,5-6,16H,4,7-8H2,1H3. The zero-order valence-electron chi connectivity index (χ0n) is 9.58. The molecule has 0 atom stereocenters. The van der Waals surface area contributed by atoms with E-state index in [1.54, 1.807) is 11.8 Å². The van der Waals surface area contributed by atoms with Crippen LogP contribution < -0.4 is 4.74 Å². The van der Waals surface area contributed by atoms with E-state index < -0.39 is 0 Å². The molecule has 0 saturated carbocycles. The van der Waals surface area contributed by atoms with Crippen LogP contribution in [0.1, 0.15) is 6.42 Å². The molecule has 90 valence electrons. The number of ether oxygens (including phenoxy) is 1. The third kappa shape index (κ3) is 2.42. The summed E-state index contributed by atoms with van der Waals surface area (Å²) in [6.45, 7) is 0.697. The molecule has 0 aliphatic carbocycles. The summed E-state index contributed by atoms with van der Waals surface area (Å²) in [4.78, 5) is 0. The van der Waals surface area contributed by atoms with Crippen LogP contribution in [-0.2, 0) is 6.54 Å². The van der Waals surface area contributed by atoms with Crippen LogP contribution in [0.25, 0.3) is 11.4 Å². The number of methoxy groups -OCH3 is 1. The summed E-state index contributed by atoms with van der Waals surface area (Å²) in [6.07, 6.45) is 0.618. The van der Waals surface area contributed by atoms with Crippen molar-refractivity contribution in [3.63, 3.8) is 0 Å². The number of rotatable bonds is 5. The van der Waals surface area contributed by atoms with Crippen LogP contribution >= 0.6 is 0 Å². The molecule has 2 rings (SSSR count). The Bertz CT molecular complexity index is 484. The number of hydrogen-bond acceptors (Lipinski definition) is 5. The molecular weight excluding hydrogens is 220 g/mol. The van der Waals surface area contributed by atoms with Crippen LogP contribution in [0.5, 0.6) is 5.75 Å². The Labute approximate surface area is 98.8 Å². The second-order valence-electron chi connectivity index (χ2n) is 3.50. The van der Waals surface area contributed by atoms with E-state index in [2.05, 4.69) is 15.5 Å². The van der Waals surface area contributed by atoms with E-state index in [0.717, 1.165) is 11.3 Å². The minimum atomic E-state index is 0.116. The molecule has 1 heterocycles. The molecule has 6 nitrogen and oxygen atoms in total. The first-order valence-electron chi connectivity index (χ1n) is 5.37. The monoisotopic (exact) mass is 234 g/mol. The van der Waals surface area contributed by atoms with Gasteiger partial charge < -0.3 is 9.84 Å². The fourth-order valence-corrected chi connectivity index (χ4v) is 1.60. The van der Waals surface area contributed by atoms with E-state index >= 15 is 0 Å². The molecule has 0 fully saturated rings. The smallest absolute Gasteiger partial charge is 0.185 e. The zero-order chi connectivity index (χ0) is 12.1.